The summed E-state index contributed by atoms with van der Waals surface area (Å²) in [6.45, 7) is 2.40. The van der Waals surface area contributed by atoms with Crippen molar-refractivity contribution in [3.63, 3.8) is 0 Å². The van der Waals surface area contributed by atoms with E-state index in [-0.39, 0.29) is 6.03 Å². The zero-order valence-electron chi connectivity index (χ0n) is 10.5. The largest absolute Gasteiger partial charge is 0.480 e. The van der Waals surface area contributed by atoms with Gasteiger partial charge in [0.25, 0.3) is 0 Å². The molecule has 0 saturated heterocycles. The zero-order valence-corrected chi connectivity index (χ0v) is 10.5. The van der Waals surface area contributed by atoms with E-state index in [2.05, 4.69) is 0 Å². The van der Waals surface area contributed by atoms with Crippen molar-refractivity contribution < 1.29 is 14.7 Å². The number of nitrogens with zero attached hydrogens (tertiary/aromatic N) is 2. The second-order valence-corrected chi connectivity index (χ2v) is 4.35. The normalized spacial score (nSPS) is 17.4. The lowest BCUT2D eigenvalue weighted by molar-refractivity contribution is -0.138. The molecule has 0 aromatic heterocycles. The van der Waals surface area contributed by atoms with Gasteiger partial charge in [0.05, 0.1) is 0 Å². The standard InChI is InChI=1S/C13H16N2O3/c1-3-14(2)13(18)15-10-7-5-4-6-9(10)8-11(15)12(16)17/h4-7,11H,3,8H2,1-2H3,(H,16,17). The fourth-order valence-corrected chi connectivity index (χ4v) is 2.14. The topological polar surface area (TPSA) is 60.9 Å². The summed E-state index contributed by atoms with van der Waals surface area (Å²) in [6, 6.07) is 6.26. The molecule has 0 spiro atoms. The second kappa shape index (κ2) is 4.68. The highest BCUT2D eigenvalue weighted by Gasteiger charge is 2.39. The van der Waals surface area contributed by atoms with Crippen molar-refractivity contribution in [2.75, 3.05) is 18.5 Å². The Balaban J connectivity index is 2.40. The molecule has 2 rings (SSSR count). The van der Waals surface area contributed by atoms with Gasteiger partial charge < -0.3 is 10.0 Å². The molecule has 1 aliphatic rings. The molecule has 18 heavy (non-hydrogen) atoms. The summed E-state index contributed by atoms with van der Waals surface area (Å²) in [5.41, 5.74) is 1.61. The number of hydrogen-bond acceptors (Lipinski definition) is 2. The van der Waals surface area contributed by atoms with Gasteiger partial charge in [-0.25, -0.2) is 9.59 Å². The monoisotopic (exact) mass is 248 g/mol. The molecule has 96 valence electrons. The molecule has 0 aliphatic carbocycles. The number of hydrogen-bond donors (Lipinski definition) is 1. The first-order chi connectivity index (χ1) is 8.56. The van der Waals surface area contributed by atoms with E-state index in [9.17, 15) is 14.7 Å². The van der Waals surface area contributed by atoms with Crippen LogP contribution in [0.5, 0.6) is 0 Å². The molecule has 1 aromatic carbocycles. The number of carboxylic acids is 1. The number of carbonyl (C=O) groups excluding carboxylic acids is 1. The molecular weight excluding hydrogens is 232 g/mol. The summed E-state index contributed by atoms with van der Waals surface area (Å²) in [7, 11) is 1.67. The third-order valence-electron chi connectivity index (χ3n) is 3.27. The number of carboxylic acid groups (broad SMARTS) is 1. The molecule has 1 aliphatic heterocycles. The number of amides is 2. The van der Waals surface area contributed by atoms with Crippen LogP contribution < -0.4 is 4.90 Å². The maximum atomic E-state index is 12.2. The highest BCUT2D eigenvalue weighted by molar-refractivity contribution is 6.00. The molecule has 0 bridgehead atoms. The van der Waals surface area contributed by atoms with Crippen LogP contribution in [0.2, 0.25) is 0 Å². The number of urea groups is 1. The first-order valence-electron chi connectivity index (χ1n) is 5.91. The molecule has 1 atom stereocenters. The summed E-state index contributed by atoms with van der Waals surface area (Å²) in [5, 5.41) is 9.25. The Bertz CT molecular complexity index is 487. The summed E-state index contributed by atoms with van der Waals surface area (Å²) < 4.78 is 0. The van der Waals surface area contributed by atoms with Crippen molar-refractivity contribution in [2.24, 2.45) is 0 Å². The van der Waals surface area contributed by atoms with E-state index in [1.807, 2.05) is 25.1 Å². The minimum absolute atomic E-state index is 0.269. The van der Waals surface area contributed by atoms with E-state index in [1.54, 1.807) is 13.1 Å². The molecule has 5 heteroatoms. The smallest absolute Gasteiger partial charge is 0.327 e. The summed E-state index contributed by atoms with van der Waals surface area (Å²) in [6.07, 6.45) is 0.370. The minimum atomic E-state index is -0.968. The van der Waals surface area contributed by atoms with Crippen molar-refractivity contribution in [3.05, 3.63) is 29.8 Å². The molecule has 0 saturated carbocycles. The van der Waals surface area contributed by atoms with Crippen molar-refractivity contribution in [1.29, 1.82) is 0 Å². The van der Waals surface area contributed by atoms with Gasteiger partial charge in [0.1, 0.15) is 6.04 Å². The molecule has 1 aromatic rings. The fraction of sp³-hybridized carbons (Fsp3) is 0.385. The van der Waals surface area contributed by atoms with Gasteiger partial charge in [0.2, 0.25) is 0 Å². The number of aliphatic carboxylic acids is 1. The van der Waals surface area contributed by atoms with Crippen molar-refractivity contribution >= 4 is 17.7 Å². The molecular formula is C13H16N2O3. The minimum Gasteiger partial charge on any atom is -0.480 e. The maximum absolute atomic E-state index is 12.2. The molecule has 0 fully saturated rings. The molecule has 2 amide bonds. The van der Waals surface area contributed by atoms with Gasteiger partial charge in [-0.1, -0.05) is 18.2 Å². The summed E-state index contributed by atoms with van der Waals surface area (Å²) in [4.78, 5) is 26.4. The lowest BCUT2D eigenvalue weighted by atomic mass is 10.1. The lowest BCUT2D eigenvalue weighted by Crippen LogP contribution is -2.48. The van der Waals surface area contributed by atoms with Crippen LogP contribution in [0, 0.1) is 0 Å². The molecule has 0 radical (unpaired) electrons. The highest BCUT2D eigenvalue weighted by atomic mass is 16.4. The van der Waals surface area contributed by atoms with E-state index in [1.165, 1.54) is 9.80 Å². The van der Waals surface area contributed by atoms with Crippen molar-refractivity contribution in [3.8, 4) is 0 Å². The fourth-order valence-electron chi connectivity index (χ4n) is 2.14. The average molecular weight is 248 g/mol. The number of anilines is 1. The van der Waals surface area contributed by atoms with Crippen molar-refractivity contribution in [2.45, 2.75) is 19.4 Å². The lowest BCUT2D eigenvalue weighted by Gasteiger charge is -2.27. The van der Waals surface area contributed by atoms with E-state index in [4.69, 9.17) is 0 Å². The molecule has 1 unspecified atom stereocenters. The van der Waals surface area contributed by atoms with E-state index in [0.29, 0.717) is 18.7 Å². The van der Waals surface area contributed by atoms with E-state index < -0.39 is 12.0 Å². The first kappa shape index (κ1) is 12.4. The first-order valence-corrected chi connectivity index (χ1v) is 5.91. The number of benzene rings is 1. The van der Waals surface area contributed by atoms with Gasteiger partial charge in [0, 0.05) is 25.7 Å². The molecule has 5 nitrogen and oxygen atoms in total. The Morgan fingerprint density at radius 2 is 2.11 bits per heavy atom. The summed E-state index contributed by atoms with van der Waals surface area (Å²) >= 11 is 0. The van der Waals surface area contributed by atoms with Crippen LogP contribution >= 0.6 is 0 Å². The van der Waals surface area contributed by atoms with Gasteiger partial charge in [-0.05, 0) is 18.6 Å². The quantitative estimate of drug-likeness (QED) is 0.864. The maximum Gasteiger partial charge on any atom is 0.327 e. The van der Waals surface area contributed by atoms with Gasteiger partial charge in [-0.3, -0.25) is 4.90 Å². The van der Waals surface area contributed by atoms with Crippen LogP contribution in [0.3, 0.4) is 0 Å². The molecule has 1 heterocycles. The number of rotatable bonds is 2. The Hall–Kier alpha value is -2.04. The summed E-state index contributed by atoms with van der Waals surface area (Å²) in [5.74, 6) is -0.968. The van der Waals surface area contributed by atoms with E-state index in [0.717, 1.165) is 5.56 Å². The number of fused-ring (bicyclic) bond motifs is 1. The van der Waals surface area contributed by atoms with Gasteiger partial charge >= 0.3 is 12.0 Å². The Labute approximate surface area is 106 Å². The van der Waals surface area contributed by atoms with E-state index >= 15 is 0 Å². The third-order valence-corrected chi connectivity index (χ3v) is 3.27. The number of para-hydroxylation sites is 1. The zero-order chi connectivity index (χ0) is 13.3. The van der Waals surface area contributed by atoms with Gasteiger partial charge in [0.15, 0.2) is 0 Å². The number of carbonyl (C=O) groups is 2. The van der Waals surface area contributed by atoms with Gasteiger partial charge in [-0.15, -0.1) is 0 Å². The average Bonchev–Trinajstić information content (AvgIpc) is 2.76. The predicted octanol–water partition coefficient (Wildman–Crippen LogP) is 1.57. The van der Waals surface area contributed by atoms with Crippen LogP contribution in [-0.2, 0) is 11.2 Å². The van der Waals surface area contributed by atoms with Crippen LogP contribution in [0.15, 0.2) is 24.3 Å². The Morgan fingerprint density at radius 3 is 2.72 bits per heavy atom. The highest BCUT2D eigenvalue weighted by Crippen LogP contribution is 2.32. The molecule has 1 N–H and O–H groups in total. The Morgan fingerprint density at radius 1 is 1.44 bits per heavy atom. The van der Waals surface area contributed by atoms with Crippen molar-refractivity contribution in [1.82, 2.24) is 4.90 Å². The predicted molar refractivity (Wildman–Crippen MR) is 67.7 cm³/mol. The SMILES string of the molecule is CCN(C)C(=O)N1c2ccccc2CC1C(=O)O. The second-order valence-electron chi connectivity index (χ2n) is 4.35. The van der Waals surface area contributed by atoms with Crippen LogP contribution in [0.1, 0.15) is 12.5 Å². The third kappa shape index (κ3) is 1.92. The Kier molecular flexibility index (Phi) is 3.23. The van der Waals surface area contributed by atoms with Crippen LogP contribution in [0.4, 0.5) is 10.5 Å². The van der Waals surface area contributed by atoms with Crippen LogP contribution in [0.25, 0.3) is 0 Å². The van der Waals surface area contributed by atoms with Gasteiger partial charge in [-0.2, -0.15) is 0 Å². The van der Waals surface area contributed by atoms with Crippen LogP contribution in [-0.4, -0.2) is 41.6 Å².